The van der Waals surface area contributed by atoms with Gasteiger partial charge in [0.15, 0.2) is 9.03 Å². The molecule has 4 heteroatoms. The van der Waals surface area contributed by atoms with Crippen molar-refractivity contribution < 1.29 is 9.05 Å². The molecule has 0 amide bonds. The van der Waals surface area contributed by atoms with Gasteiger partial charge in [0.2, 0.25) is 0 Å². The number of nitrogens with one attached hydrogen (secondary N) is 1. The highest BCUT2D eigenvalue weighted by molar-refractivity contribution is 7.26. The van der Waals surface area contributed by atoms with Crippen LogP contribution in [0.4, 0.5) is 0 Å². The predicted octanol–water partition coefficient (Wildman–Crippen LogP) is 1.94. The lowest BCUT2D eigenvalue weighted by molar-refractivity contribution is 0.292. The van der Waals surface area contributed by atoms with E-state index < -0.39 is 0 Å². The highest BCUT2D eigenvalue weighted by Crippen LogP contribution is 2.12. The molecule has 0 saturated heterocycles. The highest BCUT2D eigenvalue weighted by atomic mass is 31.1. The quantitative estimate of drug-likeness (QED) is 0.448. The van der Waals surface area contributed by atoms with E-state index in [9.17, 15) is 0 Å². The molecule has 0 aliphatic heterocycles. The Morgan fingerprint density at radius 3 is 2.58 bits per heavy atom. The summed E-state index contributed by atoms with van der Waals surface area (Å²) >= 11 is 0. The van der Waals surface area contributed by atoms with E-state index in [0.717, 1.165) is 19.6 Å². The zero-order valence-corrected chi connectivity index (χ0v) is 9.06. The van der Waals surface area contributed by atoms with Gasteiger partial charge in [0.25, 0.3) is 0 Å². The third kappa shape index (κ3) is 10.3. The Morgan fingerprint density at radius 1 is 1.17 bits per heavy atom. The van der Waals surface area contributed by atoms with Gasteiger partial charge in [-0.15, -0.1) is 0 Å². The van der Waals surface area contributed by atoms with Gasteiger partial charge < -0.3 is 14.4 Å². The van der Waals surface area contributed by atoms with E-state index in [4.69, 9.17) is 9.05 Å². The molecule has 0 fully saturated rings. The summed E-state index contributed by atoms with van der Waals surface area (Å²) < 4.78 is 9.96. The number of hydrogen-bond acceptors (Lipinski definition) is 3. The third-order valence-corrected chi connectivity index (χ3v) is 2.05. The fourth-order valence-corrected chi connectivity index (χ4v) is 1.28. The highest BCUT2D eigenvalue weighted by Gasteiger charge is 1.89. The Labute approximate surface area is 77.2 Å². The molecular formula is C8H20NO2P. The molecule has 0 heterocycles. The molecule has 0 radical (unpaired) electrons. The van der Waals surface area contributed by atoms with E-state index >= 15 is 0 Å². The molecule has 12 heavy (non-hydrogen) atoms. The van der Waals surface area contributed by atoms with E-state index in [0.29, 0.717) is 0 Å². The summed E-state index contributed by atoms with van der Waals surface area (Å²) in [6.45, 7) is 1.96. The minimum Gasteiger partial charge on any atom is -0.340 e. The molecule has 0 rings (SSSR count). The van der Waals surface area contributed by atoms with Crippen molar-refractivity contribution in [3.05, 3.63) is 0 Å². The summed E-state index contributed by atoms with van der Waals surface area (Å²) in [5.41, 5.74) is 0. The van der Waals surface area contributed by atoms with Gasteiger partial charge in [-0.25, -0.2) is 0 Å². The van der Waals surface area contributed by atoms with Crippen LogP contribution in [0.25, 0.3) is 0 Å². The summed E-state index contributed by atoms with van der Waals surface area (Å²) in [4.78, 5) is 0. The first kappa shape index (κ1) is 12.3. The summed E-state index contributed by atoms with van der Waals surface area (Å²) in [7, 11) is 3.86. The lowest BCUT2D eigenvalue weighted by atomic mass is 10.2. The summed E-state index contributed by atoms with van der Waals surface area (Å²) in [5, 5.41) is 3.13. The lowest BCUT2D eigenvalue weighted by Gasteiger charge is -2.01. The largest absolute Gasteiger partial charge is 0.340 e. The molecule has 1 N–H and O–H groups in total. The van der Waals surface area contributed by atoms with Crippen molar-refractivity contribution in [3.63, 3.8) is 0 Å². The second-order valence-corrected chi connectivity index (χ2v) is 3.52. The Hall–Kier alpha value is 0.310. The summed E-state index contributed by atoms with van der Waals surface area (Å²) in [6, 6.07) is 0. The molecular weight excluding hydrogens is 173 g/mol. The summed E-state index contributed by atoms with van der Waals surface area (Å²) in [5.74, 6) is 0. The Bertz CT molecular complexity index is 73.5. The van der Waals surface area contributed by atoms with E-state index in [-0.39, 0.29) is 9.03 Å². The van der Waals surface area contributed by atoms with Gasteiger partial charge in [-0.2, -0.15) is 0 Å². The van der Waals surface area contributed by atoms with Gasteiger partial charge in [-0.1, -0.05) is 12.8 Å². The van der Waals surface area contributed by atoms with Gasteiger partial charge in [0.05, 0.1) is 6.61 Å². The van der Waals surface area contributed by atoms with Crippen LogP contribution < -0.4 is 5.32 Å². The Morgan fingerprint density at radius 2 is 1.92 bits per heavy atom. The van der Waals surface area contributed by atoms with E-state index in [2.05, 4.69) is 5.32 Å². The fourth-order valence-electron chi connectivity index (χ4n) is 0.930. The van der Waals surface area contributed by atoms with Crippen molar-refractivity contribution in [3.8, 4) is 0 Å². The maximum atomic E-state index is 5.18. The lowest BCUT2D eigenvalue weighted by Crippen LogP contribution is -2.06. The first-order chi connectivity index (χ1) is 5.91. The molecule has 0 aromatic carbocycles. The minimum absolute atomic E-state index is 0.215. The monoisotopic (exact) mass is 193 g/mol. The average molecular weight is 193 g/mol. The van der Waals surface area contributed by atoms with Crippen LogP contribution in [0.15, 0.2) is 0 Å². The average Bonchev–Trinajstić information content (AvgIpc) is 2.10. The molecule has 1 atom stereocenters. The maximum absolute atomic E-state index is 5.18. The topological polar surface area (TPSA) is 30.5 Å². The molecule has 3 nitrogen and oxygen atoms in total. The molecule has 0 aliphatic rings. The molecule has 0 saturated carbocycles. The normalized spacial score (nSPS) is 11.5. The molecule has 0 aromatic heterocycles. The zero-order valence-electron chi connectivity index (χ0n) is 8.06. The molecule has 74 valence electrons. The zero-order chi connectivity index (χ0) is 9.07. The van der Waals surface area contributed by atoms with Crippen LogP contribution in [0.2, 0.25) is 0 Å². The number of rotatable bonds is 9. The van der Waals surface area contributed by atoms with Crippen LogP contribution in [-0.4, -0.2) is 27.3 Å². The van der Waals surface area contributed by atoms with Crippen molar-refractivity contribution in [1.29, 1.82) is 0 Å². The molecule has 1 unspecified atom stereocenters. The van der Waals surface area contributed by atoms with Crippen LogP contribution in [0.5, 0.6) is 0 Å². The second kappa shape index (κ2) is 11.3. The van der Waals surface area contributed by atoms with Crippen molar-refractivity contribution in [1.82, 2.24) is 5.32 Å². The third-order valence-electron chi connectivity index (χ3n) is 1.57. The van der Waals surface area contributed by atoms with E-state index in [1.165, 1.54) is 19.3 Å². The van der Waals surface area contributed by atoms with Gasteiger partial charge in [0.1, 0.15) is 0 Å². The molecule has 0 spiro atoms. The van der Waals surface area contributed by atoms with Crippen LogP contribution in [0.1, 0.15) is 25.7 Å². The van der Waals surface area contributed by atoms with Gasteiger partial charge >= 0.3 is 0 Å². The van der Waals surface area contributed by atoms with Crippen molar-refractivity contribution in [2.24, 2.45) is 0 Å². The summed E-state index contributed by atoms with van der Waals surface area (Å²) in [6.07, 6.45) is 4.97. The molecule has 0 aliphatic carbocycles. The van der Waals surface area contributed by atoms with Crippen LogP contribution >= 0.6 is 9.03 Å². The van der Waals surface area contributed by atoms with E-state index in [1.807, 2.05) is 7.05 Å². The van der Waals surface area contributed by atoms with Gasteiger partial charge in [-0.3, -0.25) is 0 Å². The maximum Gasteiger partial charge on any atom is 0.154 e. The first-order valence-electron chi connectivity index (χ1n) is 4.46. The van der Waals surface area contributed by atoms with Crippen LogP contribution in [0.3, 0.4) is 0 Å². The standard InChI is InChI=1S/C8H20NO2P/c1-9-7-5-3-4-6-8-11-12-10-2/h9,12H,3-8H2,1-2H3. The molecule has 0 bridgehead atoms. The first-order valence-corrected chi connectivity index (χ1v) is 5.28. The second-order valence-electron chi connectivity index (χ2n) is 2.65. The SMILES string of the molecule is CNCCCCCCOPOC. The smallest absolute Gasteiger partial charge is 0.154 e. The Balaban J connectivity index is 2.73. The van der Waals surface area contributed by atoms with Crippen molar-refractivity contribution >= 4 is 9.03 Å². The minimum atomic E-state index is 0.215. The number of unbranched alkanes of at least 4 members (excludes halogenated alkanes) is 3. The van der Waals surface area contributed by atoms with Crippen molar-refractivity contribution in [2.45, 2.75) is 25.7 Å². The van der Waals surface area contributed by atoms with Crippen molar-refractivity contribution in [2.75, 3.05) is 27.3 Å². The van der Waals surface area contributed by atoms with Gasteiger partial charge in [-0.05, 0) is 26.4 Å². The number of hydrogen-bond donors (Lipinski definition) is 1. The molecule has 0 aromatic rings. The van der Waals surface area contributed by atoms with Crippen LogP contribution in [0, 0.1) is 0 Å². The van der Waals surface area contributed by atoms with Gasteiger partial charge in [0, 0.05) is 7.11 Å². The Kier molecular flexibility index (Phi) is 11.6. The predicted molar refractivity (Wildman–Crippen MR) is 53.7 cm³/mol. The van der Waals surface area contributed by atoms with E-state index in [1.54, 1.807) is 7.11 Å². The fraction of sp³-hybridized carbons (Fsp3) is 1.00. The van der Waals surface area contributed by atoms with Crippen LogP contribution in [-0.2, 0) is 9.05 Å².